The summed E-state index contributed by atoms with van der Waals surface area (Å²) < 4.78 is 22.5. The predicted octanol–water partition coefficient (Wildman–Crippen LogP) is 4.97. The molecular weight excluding hydrogens is 536 g/mol. The van der Waals surface area contributed by atoms with Gasteiger partial charge in [0, 0.05) is 12.1 Å². The van der Waals surface area contributed by atoms with Gasteiger partial charge < -0.3 is 33.9 Å². The summed E-state index contributed by atoms with van der Waals surface area (Å²) in [5.74, 6) is 0.0485. The Labute approximate surface area is 246 Å². The number of hydrogen-bond donors (Lipinski definition) is 1. The Bertz CT molecular complexity index is 1440. The lowest BCUT2D eigenvalue weighted by molar-refractivity contribution is -0.139. The zero-order valence-corrected chi connectivity index (χ0v) is 25.0. The van der Waals surface area contributed by atoms with Crippen LogP contribution in [0.4, 0.5) is 0 Å². The molecular formula is C33H38N2O7. The SMILES string of the molecule is COc1cc([C@@H]2C(=C(O)c3ccc(OCc4ccccc4C)cc3)C(=O)C(=O)N2CCCN(C)C)cc(OC)c1OC. The molecule has 0 spiro atoms. The fourth-order valence-electron chi connectivity index (χ4n) is 5.07. The van der Waals surface area contributed by atoms with E-state index in [0.717, 1.165) is 17.7 Å². The third kappa shape index (κ3) is 6.36. The summed E-state index contributed by atoms with van der Waals surface area (Å²) >= 11 is 0. The van der Waals surface area contributed by atoms with E-state index < -0.39 is 17.7 Å². The van der Waals surface area contributed by atoms with Crippen molar-refractivity contribution in [1.82, 2.24) is 9.80 Å². The lowest BCUT2D eigenvalue weighted by Gasteiger charge is -2.27. The number of aryl methyl sites for hydroxylation is 1. The van der Waals surface area contributed by atoms with Gasteiger partial charge in [0.25, 0.3) is 11.7 Å². The van der Waals surface area contributed by atoms with Crippen LogP contribution in [0.25, 0.3) is 5.76 Å². The number of amides is 1. The molecule has 1 N–H and O–H groups in total. The summed E-state index contributed by atoms with van der Waals surface area (Å²) in [6.45, 7) is 3.46. The number of methoxy groups -OCH3 is 3. The largest absolute Gasteiger partial charge is 0.507 e. The monoisotopic (exact) mass is 574 g/mol. The Balaban J connectivity index is 1.73. The van der Waals surface area contributed by atoms with Gasteiger partial charge in [-0.15, -0.1) is 0 Å². The van der Waals surface area contributed by atoms with E-state index in [1.807, 2.05) is 50.2 Å². The molecule has 0 unspecified atom stereocenters. The van der Waals surface area contributed by atoms with Gasteiger partial charge in [0.1, 0.15) is 18.1 Å². The molecule has 0 saturated carbocycles. The van der Waals surface area contributed by atoms with Crippen molar-refractivity contribution in [3.05, 3.63) is 88.5 Å². The minimum atomic E-state index is -0.863. The fourth-order valence-corrected chi connectivity index (χ4v) is 5.07. The second-order valence-electron chi connectivity index (χ2n) is 10.3. The van der Waals surface area contributed by atoms with Crippen molar-refractivity contribution in [2.24, 2.45) is 0 Å². The molecule has 0 aliphatic carbocycles. The highest BCUT2D eigenvalue weighted by molar-refractivity contribution is 6.46. The average molecular weight is 575 g/mol. The van der Waals surface area contributed by atoms with Crippen molar-refractivity contribution >= 4 is 17.4 Å². The number of ketones is 1. The Kier molecular flexibility index (Phi) is 9.75. The second-order valence-corrected chi connectivity index (χ2v) is 10.3. The van der Waals surface area contributed by atoms with Gasteiger partial charge in [-0.1, -0.05) is 24.3 Å². The van der Waals surface area contributed by atoms with Gasteiger partial charge >= 0.3 is 0 Å². The van der Waals surface area contributed by atoms with Gasteiger partial charge in [-0.3, -0.25) is 9.59 Å². The summed E-state index contributed by atoms with van der Waals surface area (Å²) in [4.78, 5) is 30.3. The van der Waals surface area contributed by atoms with Crippen molar-refractivity contribution in [3.63, 3.8) is 0 Å². The Morgan fingerprint density at radius 3 is 2.14 bits per heavy atom. The summed E-state index contributed by atoms with van der Waals surface area (Å²) in [5.41, 5.74) is 3.14. The normalized spacial score (nSPS) is 16.2. The third-order valence-corrected chi connectivity index (χ3v) is 7.33. The molecule has 1 heterocycles. The molecule has 222 valence electrons. The number of benzene rings is 3. The lowest BCUT2D eigenvalue weighted by Crippen LogP contribution is -2.32. The van der Waals surface area contributed by atoms with Crippen molar-refractivity contribution in [3.8, 4) is 23.0 Å². The van der Waals surface area contributed by atoms with Gasteiger partial charge in [-0.05, 0) is 87.1 Å². The van der Waals surface area contributed by atoms with Crippen LogP contribution in [-0.4, -0.2) is 75.1 Å². The molecule has 0 radical (unpaired) electrons. The molecule has 1 atom stereocenters. The maximum absolute atomic E-state index is 13.5. The van der Waals surface area contributed by atoms with E-state index in [-0.39, 0.29) is 11.3 Å². The zero-order valence-electron chi connectivity index (χ0n) is 25.0. The Hall–Kier alpha value is -4.50. The first-order chi connectivity index (χ1) is 20.2. The highest BCUT2D eigenvalue weighted by Gasteiger charge is 2.46. The number of aliphatic hydroxyl groups excluding tert-OH is 1. The van der Waals surface area contributed by atoms with Gasteiger partial charge in [0.2, 0.25) is 5.75 Å². The second kappa shape index (κ2) is 13.4. The van der Waals surface area contributed by atoms with E-state index in [0.29, 0.717) is 53.7 Å². The van der Waals surface area contributed by atoms with Crippen LogP contribution in [0.1, 0.15) is 34.7 Å². The molecule has 1 aliphatic rings. The van der Waals surface area contributed by atoms with Crippen LogP contribution in [0, 0.1) is 6.92 Å². The van der Waals surface area contributed by atoms with Crippen molar-refractivity contribution in [1.29, 1.82) is 0 Å². The van der Waals surface area contributed by atoms with Gasteiger partial charge in [0.15, 0.2) is 11.5 Å². The number of ether oxygens (including phenoxy) is 4. The Morgan fingerprint density at radius 2 is 1.57 bits per heavy atom. The number of carbonyl (C=O) groups excluding carboxylic acids is 2. The van der Waals surface area contributed by atoms with E-state index in [2.05, 4.69) is 0 Å². The third-order valence-electron chi connectivity index (χ3n) is 7.33. The smallest absolute Gasteiger partial charge is 0.295 e. The van der Waals surface area contributed by atoms with Crippen LogP contribution in [0.3, 0.4) is 0 Å². The molecule has 9 nitrogen and oxygen atoms in total. The summed E-state index contributed by atoms with van der Waals surface area (Å²) in [5, 5.41) is 11.5. The van der Waals surface area contributed by atoms with E-state index >= 15 is 0 Å². The number of nitrogens with zero attached hydrogens (tertiary/aromatic N) is 2. The number of carbonyl (C=O) groups is 2. The summed E-state index contributed by atoms with van der Waals surface area (Å²) in [6, 6.07) is 17.3. The molecule has 1 amide bonds. The van der Waals surface area contributed by atoms with Gasteiger partial charge in [0.05, 0.1) is 32.9 Å². The van der Waals surface area contributed by atoms with Crippen LogP contribution in [-0.2, 0) is 16.2 Å². The van der Waals surface area contributed by atoms with E-state index in [9.17, 15) is 14.7 Å². The highest BCUT2D eigenvalue weighted by Crippen LogP contribution is 2.45. The molecule has 1 saturated heterocycles. The molecule has 9 heteroatoms. The molecule has 42 heavy (non-hydrogen) atoms. The number of aliphatic hydroxyl groups is 1. The zero-order chi connectivity index (χ0) is 30.4. The van der Waals surface area contributed by atoms with Gasteiger partial charge in [-0.25, -0.2) is 0 Å². The van der Waals surface area contributed by atoms with Crippen molar-refractivity contribution < 1.29 is 33.6 Å². The Morgan fingerprint density at radius 1 is 0.929 bits per heavy atom. The van der Waals surface area contributed by atoms with Crippen LogP contribution >= 0.6 is 0 Å². The lowest BCUT2D eigenvalue weighted by atomic mass is 9.94. The molecule has 4 rings (SSSR count). The van der Waals surface area contributed by atoms with Crippen LogP contribution < -0.4 is 18.9 Å². The molecule has 0 bridgehead atoms. The maximum Gasteiger partial charge on any atom is 0.295 e. The molecule has 0 aromatic heterocycles. The number of hydrogen-bond acceptors (Lipinski definition) is 8. The van der Waals surface area contributed by atoms with Crippen LogP contribution in [0.2, 0.25) is 0 Å². The molecule has 1 fully saturated rings. The minimum absolute atomic E-state index is 0.00675. The minimum Gasteiger partial charge on any atom is -0.507 e. The predicted molar refractivity (Wildman–Crippen MR) is 160 cm³/mol. The molecule has 3 aromatic carbocycles. The first kappa shape index (κ1) is 30.5. The maximum atomic E-state index is 13.5. The number of Topliss-reactive ketones (excluding diaryl/α,β-unsaturated/α-hetero) is 1. The van der Waals surface area contributed by atoms with E-state index in [4.69, 9.17) is 18.9 Å². The van der Waals surface area contributed by atoms with Crippen LogP contribution in [0.5, 0.6) is 23.0 Å². The fraction of sp³-hybridized carbons (Fsp3) is 0.333. The first-order valence-corrected chi connectivity index (χ1v) is 13.7. The molecule has 3 aromatic rings. The molecule has 1 aliphatic heterocycles. The standard InChI is InChI=1S/C33H38N2O7/c1-21-10-7-8-11-23(21)20-42-25-14-12-22(13-15-25)30(36)28-29(35(33(38)31(28)37)17-9-16-34(2)3)24-18-26(39-4)32(41-6)27(19-24)40-5/h7-8,10-15,18-19,29,36H,9,16-17,20H2,1-6H3/t29-/m1/s1. The van der Waals surface area contributed by atoms with Crippen LogP contribution in [0.15, 0.2) is 66.2 Å². The topological polar surface area (TPSA) is 97.8 Å². The van der Waals surface area contributed by atoms with Crippen molar-refractivity contribution in [2.75, 3.05) is 48.5 Å². The number of rotatable bonds is 12. The highest BCUT2D eigenvalue weighted by atomic mass is 16.5. The van der Waals surface area contributed by atoms with Crippen molar-refractivity contribution in [2.45, 2.75) is 26.0 Å². The average Bonchev–Trinajstić information content (AvgIpc) is 3.24. The quantitative estimate of drug-likeness (QED) is 0.184. The summed E-state index contributed by atoms with van der Waals surface area (Å²) in [7, 11) is 8.38. The van der Waals surface area contributed by atoms with E-state index in [1.54, 1.807) is 36.4 Å². The first-order valence-electron chi connectivity index (χ1n) is 13.7. The van der Waals surface area contributed by atoms with E-state index in [1.165, 1.54) is 26.2 Å². The van der Waals surface area contributed by atoms with Gasteiger partial charge in [-0.2, -0.15) is 0 Å². The summed E-state index contributed by atoms with van der Waals surface area (Å²) in [6.07, 6.45) is 0.633. The number of likely N-dealkylation sites (tertiary alicyclic amines) is 1.